The third-order valence-corrected chi connectivity index (χ3v) is 2.27. The highest BCUT2D eigenvalue weighted by Crippen LogP contribution is 2.07. The zero-order chi connectivity index (χ0) is 12.7. The Morgan fingerprint density at radius 2 is 2.12 bits per heavy atom. The van der Waals surface area contributed by atoms with Crippen LogP contribution in [-0.4, -0.2) is 36.3 Å². The molecule has 94 valence electrons. The van der Waals surface area contributed by atoms with Gasteiger partial charge in [0.05, 0.1) is 6.10 Å². The van der Waals surface area contributed by atoms with E-state index in [0.717, 1.165) is 0 Å². The molecule has 2 atom stereocenters. The average molecular weight is 238 g/mol. The van der Waals surface area contributed by atoms with Crippen LogP contribution < -0.4 is 15.8 Å². The summed E-state index contributed by atoms with van der Waals surface area (Å²) in [6, 6.07) is 8.61. The topological polar surface area (TPSA) is 84.6 Å². The lowest BCUT2D eigenvalue weighted by Gasteiger charge is -2.15. The molecule has 0 heterocycles. The van der Waals surface area contributed by atoms with Crippen molar-refractivity contribution in [3.8, 4) is 5.75 Å². The Hall–Kier alpha value is -1.59. The molecule has 17 heavy (non-hydrogen) atoms. The predicted molar refractivity (Wildman–Crippen MR) is 64.6 cm³/mol. The molecule has 0 aromatic heterocycles. The Morgan fingerprint density at radius 1 is 1.47 bits per heavy atom. The van der Waals surface area contributed by atoms with Crippen molar-refractivity contribution >= 4 is 5.91 Å². The number of benzene rings is 1. The van der Waals surface area contributed by atoms with E-state index in [1.54, 1.807) is 19.1 Å². The fourth-order valence-electron chi connectivity index (χ4n) is 1.12. The molecule has 5 heteroatoms. The van der Waals surface area contributed by atoms with Gasteiger partial charge in [-0.15, -0.1) is 0 Å². The summed E-state index contributed by atoms with van der Waals surface area (Å²) < 4.78 is 5.25. The molecule has 0 bridgehead atoms. The van der Waals surface area contributed by atoms with Crippen molar-refractivity contribution in [3.63, 3.8) is 0 Å². The number of carbonyl (C=O) groups excluding carboxylic acids is 1. The van der Waals surface area contributed by atoms with E-state index in [0.29, 0.717) is 5.75 Å². The summed E-state index contributed by atoms with van der Waals surface area (Å²) in [5.41, 5.74) is 5.57. The van der Waals surface area contributed by atoms with E-state index >= 15 is 0 Å². The van der Waals surface area contributed by atoms with Crippen molar-refractivity contribution in [1.82, 2.24) is 5.32 Å². The second-order valence-electron chi connectivity index (χ2n) is 3.81. The molecule has 0 aliphatic carbocycles. The van der Waals surface area contributed by atoms with Gasteiger partial charge in [0.2, 0.25) is 0 Å². The first kappa shape index (κ1) is 13.5. The van der Waals surface area contributed by atoms with Crippen molar-refractivity contribution in [2.75, 3.05) is 13.2 Å². The maximum Gasteiger partial charge on any atom is 0.257 e. The molecule has 0 aliphatic rings. The van der Waals surface area contributed by atoms with Gasteiger partial charge in [0, 0.05) is 12.6 Å². The number of carbonyl (C=O) groups is 1. The second kappa shape index (κ2) is 6.88. The Kier molecular flexibility index (Phi) is 5.45. The van der Waals surface area contributed by atoms with Crippen LogP contribution in [0.5, 0.6) is 5.75 Å². The van der Waals surface area contributed by atoms with Crippen LogP contribution in [0, 0.1) is 0 Å². The van der Waals surface area contributed by atoms with Crippen LogP contribution in [0.1, 0.15) is 6.92 Å². The average Bonchev–Trinajstić information content (AvgIpc) is 2.34. The number of para-hydroxylation sites is 1. The van der Waals surface area contributed by atoms with Crippen molar-refractivity contribution in [3.05, 3.63) is 30.3 Å². The lowest BCUT2D eigenvalue weighted by molar-refractivity contribution is -0.123. The number of amides is 1. The molecule has 0 saturated carbocycles. The summed E-state index contributed by atoms with van der Waals surface area (Å²) in [5, 5.41) is 11.7. The third-order valence-electron chi connectivity index (χ3n) is 2.27. The van der Waals surface area contributed by atoms with Crippen molar-refractivity contribution < 1.29 is 14.6 Å². The van der Waals surface area contributed by atoms with Crippen LogP contribution in [0.2, 0.25) is 0 Å². The molecule has 1 amide bonds. The normalized spacial score (nSPS) is 13.8. The maximum atomic E-state index is 11.4. The number of aliphatic hydroxyl groups excluding tert-OH is 1. The SMILES string of the molecule is CC(O)C(N)CNC(=O)COc1ccccc1. The van der Waals surface area contributed by atoms with Gasteiger partial charge in [0.1, 0.15) is 5.75 Å². The summed E-state index contributed by atoms with van der Waals surface area (Å²) in [6.45, 7) is 1.75. The molecule has 0 saturated heterocycles. The quantitative estimate of drug-likeness (QED) is 0.645. The molecule has 0 radical (unpaired) electrons. The summed E-state index contributed by atoms with van der Waals surface area (Å²) in [5.74, 6) is 0.382. The fourth-order valence-corrected chi connectivity index (χ4v) is 1.12. The van der Waals surface area contributed by atoms with Crippen molar-refractivity contribution in [1.29, 1.82) is 0 Å². The van der Waals surface area contributed by atoms with Crippen LogP contribution >= 0.6 is 0 Å². The molecule has 5 nitrogen and oxygen atoms in total. The van der Waals surface area contributed by atoms with Gasteiger partial charge < -0.3 is 20.9 Å². The van der Waals surface area contributed by atoms with Crippen molar-refractivity contribution in [2.45, 2.75) is 19.1 Å². The second-order valence-corrected chi connectivity index (χ2v) is 3.81. The first-order valence-electron chi connectivity index (χ1n) is 5.48. The highest BCUT2D eigenvalue weighted by molar-refractivity contribution is 5.77. The minimum atomic E-state index is -0.648. The monoisotopic (exact) mass is 238 g/mol. The van der Waals surface area contributed by atoms with Gasteiger partial charge in [0.15, 0.2) is 6.61 Å². The first-order chi connectivity index (χ1) is 8.09. The van der Waals surface area contributed by atoms with E-state index in [4.69, 9.17) is 15.6 Å². The highest BCUT2D eigenvalue weighted by Gasteiger charge is 2.10. The molecule has 0 fully saturated rings. The van der Waals surface area contributed by atoms with Gasteiger partial charge in [0.25, 0.3) is 5.91 Å². The van der Waals surface area contributed by atoms with Crippen LogP contribution in [0.25, 0.3) is 0 Å². The fraction of sp³-hybridized carbons (Fsp3) is 0.417. The number of hydrogen-bond acceptors (Lipinski definition) is 4. The predicted octanol–water partition coefficient (Wildman–Crippen LogP) is -0.110. The minimum Gasteiger partial charge on any atom is -0.484 e. The van der Waals surface area contributed by atoms with E-state index < -0.39 is 12.1 Å². The standard InChI is InChI=1S/C12H18N2O3/c1-9(15)11(13)7-14-12(16)8-17-10-5-3-2-4-6-10/h2-6,9,11,15H,7-8,13H2,1H3,(H,14,16). The summed E-state index contributed by atoms with van der Waals surface area (Å²) >= 11 is 0. The zero-order valence-corrected chi connectivity index (χ0v) is 9.80. The highest BCUT2D eigenvalue weighted by atomic mass is 16.5. The van der Waals surface area contributed by atoms with Crippen LogP contribution in [0.4, 0.5) is 0 Å². The molecule has 2 unspecified atom stereocenters. The van der Waals surface area contributed by atoms with E-state index in [9.17, 15) is 4.79 Å². The zero-order valence-electron chi connectivity index (χ0n) is 9.80. The molecule has 0 aliphatic heterocycles. The smallest absolute Gasteiger partial charge is 0.257 e. The Balaban J connectivity index is 2.22. The molecule has 4 N–H and O–H groups in total. The van der Waals surface area contributed by atoms with Gasteiger partial charge in [-0.2, -0.15) is 0 Å². The minimum absolute atomic E-state index is 0.0590. The van der Waals surface area contributed by atoms with E-state index in [2.05, 4.69) is 5.32 Å². The molecular formula is C12H18N2O3. The Morgan fingerprint density at radius 3 is 2.71 bits per heavy atom. The number of nitrogens with one attached hydrogen (secondary N) is 1. The van der Waals surface area contributed by atoms with Gasteiger partial charge in [-0.05, 0) is 19.1 Å². The third kappa shape index (κ3) is 5.33. The number of nitrogens with two attached hydrogens (primary N) is 1. The Labute approximate surface area is 101 Å². The Bertz CT molecular complexity index is 341. The van der Waals surface area contributed by atoms with Gasteiger partial charge in [-0.25, -0.2) is 0 Å². The first-order valence-corrected chi connectivity index (χ1v) is 5.48. The lowest BCUT2D eigenvalue weighted by Crippen LogP contribution is -2.44. The van der Waals surface area contributed by atoms with Crippen LogP contribution in [0.15, 0.2) is 30.3 Å². The summed E-state index contributed by atoms with van der Waals surface area (Å²) in [7, 11) is 0. The van der Waals surface area contributed by atoms with E-state index in [1.807, 2.05) is 18.2 Å². The van der Waals surface area contributed by atoms with Gasteiger partial charge >= 0.3 is 0 Å². The van der Waals surface area contributed by atoms with Gasteiger partial charge in [-0.1, -0.05) is 18.2 Å². The molecule has 1 rings (SSSR count). The van der Waals surface area contributed by atoms with E-state index in [1.165, 1.54) is 0 Å². The molecule has 0 spiro atoms. The summed E-state index contributed by atoms with van der Waals surface area (Å²) in [4.78, 5) is 11.4. The lowest BCUT2D eigenvalue weighted by atomic mass is 10.2. The summed E-state index contributed by atoms with van der Waals surface area (Å²) in [6.07, 6.45) is -0.648. The maximum absolute atomic E-state index is 11.4. The number of aliphatic hydroxyl groups is 1. The van der Waals surface area contributed by atoms with Crippen molar-refractivity contribution in [2.24, 2.45) is 5.73 Å². The molecule has 1 aromatic carbocycles. The molecule has 1 aromatic rings. The van der Waals surface area contributed by atoms with Crippen LogP contribution in [0.3, 0.4) is 0 Å². The number of hydrogen-bond donors (Lipinski definition) is 3. The largest absolute Gasteiger partial charge is 0.484 e. The number of rotatable bonds is 6. The number of ether oxygens (including phenoxy) is 1. The molecular weight excluding hydrogens is 220 g/mol. The van der Waals surface area contributed by atoms with E-state index in [-0.39, 0.29) is 19.1 Å². The van der Waals surface area contributed by atoms with Gasteiger partial charge in [-0.3, -0.25) is 4.79 Å². The van der Waals surface area contributed by atoms with Crippen LogP contribution in [-0.2, 0) is 4.79 Å².